The quantitative estimate of drug-likeness (QED) is 0.645. The Morgan fingerprint density at radius 1 is 1.36 bits per heavy atom. The summed E-state index contributed by atoms with van der Waals surface area (Å²) in [6.45, 7) is 4.95. The number of furan rings is 1. The second-order valence-corrected chi connectivity index (χ2v) is 3.18. The molecule has 1 aromatic heterocycles. The van der Waals surface area contributed by atoms with Crippen molar-refractivity contribution in [2.75, 3.05) is 14.1 Å². The Hall–Kier alpha value is -0.760. The summed E-state index contributed by atoms with van der Waals surface area (Å²) < 4.78 is 5.39. The topological polar surface area (TPSA) is 16.4 Å². The van der Waals surface area contributed by atoms with Gasteiger partial charge in [-0.05, 0) is 34.0 Å². The van der Waals surface area contributed by atoms with Crippen LogP contribution in [-0.2, 0) is 6.54 Å². The Balaban J connectivity index is 2.77. The minimum Gasteiger partial charge on any atom is -0.466 e. The summed E-state index contributed by atoms with van der Waals surface area (Å²) in [4.78, 5) is 2.14. The lowest BCUT2D eigenvalue weighted by Gasteiger charge is -2.06. The highest BCUT2D eigenvalue weighted by Crippen LogP contribution is 2.14. The first-order valence-corrected chi connectivity index (χ1v) is 3.80. The van der Waals surface area contributed by atoms with Crippen LogP contribution in [0.15, 0.2) is 10.5 Å². The normalized spacial score (nSPS) is 11.0. The highest BCUT2D eigenvalue weighted by Gasteiger charge is 2.04. The van der Waals surface area contributed by atoms with Crippen molar-refractivity contribution in [3.05, 3.63) is 23.2 Å². The van der Waals surface area contributed by atoms with Gasteiger partial charge < -0.3 is 9.32 Å². The maximum absolute atomic E-state index is 5.39. The SMILES string of the molecule is Cc1cc(CN(C)C)c(C)o1. The summed E-state index contributed by atoms with van der Waals surface area (Å²) in [6, 6.07) is 2.09. The van der Waals surface area contributed by atoms with E-state index in [4.69, 9.17) is 4.42 Å². The molecule has 0 N–H and O–H groups in total. The van der Waals surface area contributed by atoms with Crippen LogP contribution < -0.4 is 0 Å². The minimum absolute atomic E-state index is 0.961. The second kappa shape index (κ2) is 3.09. The van der Waals surface area contributed by atoms with E-state index in [0.29, 0.717) is 0 Å². The molecule has 0 aromatic carbocycles. The summed E-state index contributed by atoms with van der Waals surface area (Å²) in [7, 11) is 4.11. The predicted molar refractivity (Wildman–Crippen MR) is 45.6 cm³/mol. The summed E-state index contributed by atoms with van der Waals surface area (Å²) in [5, 5.41) is 0. The molecular weight excluding hydrogens is 138 g/mol. The Bertz CT molecular complexity index is 238. The first kappa shape index (κ1) is 8.34. The van der Waals surface area contributed by atoms with Crippen LogP contribution in [0, 0.1) is 13.8 Å². The van der Waals surface area contributed by atoms with Crippen molar-refractivity contribution >= 4 is 0 Å². The predicted octanol–water partition coefficient (Wildman–Crippen LogP) is 1.96. The molecule has 11 heavy (non-hydrogen) atoms. The van der Waals surface area contributed by atoms with Gasteiger partial charge in [-0.3, -0.25) is 0 Å². The summed E-state index contributed by atoms with van der Waals surface area (Å²) in [5.74, 6) is 2.04. The number of nitrogens with zero attached hydrogens (tertiary/aromatic N) is 1. The molecule has 0 spiro atoms. The van der Waals surface area contributed by atoms with E-state index < -0.39 is 0 Å². The van der Waals surface area contributed by atoms with Gasteiger partial charge in [0, 0.05) is 12.1 Å². The number of rotatable bonds is 2. The number of aryl methyl sites for hydroxylation is 2. The van der Waals surface area contributed by atoms with E-state index in [2.05, 4.69) is 25.1 Å². The first-order chi connectivity index (χ1) is 5.09. The average Bonchev–Trinajstić information content (AvgIpc) is 2.09. The molecule has 0 aliphatic rings. The van der Waals surface area contributed by atoms with Gasteiger partial charge in [-0.2, -0.15) is 0 Å². The molecule has 0 saturated heterocycles. The lowest BCUT2D eigenvalue weighted by molar-refractivity contribution is 0.396. The van der Waals surface area contributed by atoms with E-state index in [1.54, 1.807) is 0 Å². The van der Waals surface area contributed by atoms with Gasteiger partial charge in [0.2, 0.25) is 0 Å². The van der Waals surface area contributed by atoms with Crippen molar-refractivity contribution in [1.29, 1.82) is 0 Å². The van der Waals surface area contributed by atoms with Crippen LogP contribution in [0.3, 0.4) is 0 Å². The Morgan fingerprint density at radius 3 is 2.36 bits per heavy atom. The third-order valence-electron chi connectivity index (χ3n) is 1.63. The Labute approximate surface area is 67.8 Å². The van der Waals surface area contributed by atoms with Crippen LogP contribution in [0.25, 0.3) is 0 Å². The fourth-order valence-corrected chi connectivity index (χ4v) is 1.18. The van der Waals surface area contributed by atoms with Gasteiger partial charge in [0.05, 0.1) is 0 Å². The van der Waals surface area contributed by atoms with Crippen molar-refractivity contribution in [2.24, 2.45) is 0 Å². The van der Waals surface area contributed by atoms with Crippen LogP contribution in [-0.4, -0.2) is 19.0 Å². The molecule has 0 fully saturated rings. The molecule has 0 aliphatic carbocycles. The van der Waals surface area contributed by atoms with Crippen molar-refractivity contribution in [1.82, 2.24) is 4.90 Å². The van der Waals surface area contributed by atoms with Gasteiger partial charge in [0.1, 0.15) is 11.5 Å². The molecule has 1 heterocycles. The van der Waals surface area contributed by atoms with Crippen LogP contribution in [0.4, 0.5) is 0 Å². The zero-order valence-electron chi connectivity index (χ0n) is 7.64. The van der Waals surface area contributed by atoms with E-state index in [1.165, 1.54) is 5.56 Å². The Kier molecular flexibility index (Phi) is 2.35. The zero-order chi connectivity index (χ0) is 8.43. The van der Waals surface area contributed by atoms with Crippen molar-refractivity contribution in [2.45, 2.75) is 20.4 Å². The molecule has 1 aromatic rings. The lowest BCUT2D eigenvalue weighted by Crippen LogP contribution is -2.10. The van der Waals surface area contributed by atoms with Crippen molar-refractivity contribution in [3.63, 3.8) is 0 Å². The van der Waals surface area contributed by atoms with Crippen LogP contribution >= 0.6 is 0 Å². The molecule has 2 nitrogen and oxygen atoms in total. The molecule has 0 saturated carbocycles. The average molecular weight is 153 g/mol. The van der Waals surface area contributed by atoms with E-state index in [1.807, 2.05) is 13.8 Å². The third kappa shape index (κ3) is 2.09. The summed E-state index contributed by atoms with van der Waals surface area (Å²) in [6.07, 6.45) is 0. The largest absolute Gasteiger partial charge is 0.466 e. The van der Waals surface area contributed by atoms with Gasteiger partial charge >= 0.3 is 0 Å². The maximum atomic E-state index is 5.39. The molecule has 0 unspecified atom stereocenters. The van der Waals surface area contributed by atoms with Crippen LogP contribution in [0.5, 0.6) is 0 Å². The van der Waals surface area contributed by atoms with E-state index in [-0.39, 0.29) is 0 Å². The molecule has 0 aliphatic heterocycles. The molecule has 0 atom stereocenters. The standard InChI is InChI=1S/C9H15NO/c1-7-5-9(6-10(3)4)8(2)11-7/h5H,6H2,1-4H3. The fourth-order valence-electron chi connectivity index (χ4n) is 1.18. The molecule has 62 valence electrons. The number of hydrogen-bond acceptors (Lipinski definition) is 2. The van der Waals surface area contributed by atoms with E-state index >= 15 is 0 Å². The monoisotopic (exact) mass is 153 g/mol. The van der Waals surface area contributed by atoms with E-state index in [0.717, 1.165) is 18.1 Å². The lowest BCUT2D eigenvalue weighted by atomic mass is 10.2. The minimum atomic E-state index is 0.961. The highest BCUT2D eigenvalue weighted by atomic mass is 16.3. The smallest absolute Gasteiger partial charge is 0.105 e. The molecule has 0 amide bonds. The molecule has 2 heteroatoms. The molecule has 1 rings (SSSR count). The second-order valence-electron chi connectivity index (χ2n) is 3.18. The Morgan fingerprint density at radius 2 is 2.00 bits per heavy atom. The van der Waals surface area contributed by atoms with Gasteiger partial charge in [0.15, 0.2) is 0 Å². The van der Waals surface area contributed by atoms with Crippen LogP contribution in [0.1, 0.15) is 17.1 Å². The molecule has 0 bridgehead atoms. The third-order valence-corrected chi connectivity index (χ3v) is 1.63. The molecular formula is C9H15NO. The highest BCUT2D eigenvalue weighted by molar-refractivity contribution is 5.19. The van der Waals surface area contributed by atoms with Crippen molar-refractivity contribution in [3.8, 4) is 0 Å². The van der Waals surface area contributed by atoms with Gasteiger partial charge in [-0.15, -0.1) is 0 Å². The first-order valence-electron chi connectivity index (χ1n) is 3.80. The van der Waals surface area contributed by atoms with Gasteiger partial charge in [0.25, 0.3) is 0 Å². The van der Waals surface area contributed by atoms with Crippen LogP contribution in [0.2, 0.25) is 0 Å². The zero-order valence-corrected chi connectivity index (χ0v) is 7.64. The van der Waals surface area contributed by atoms with Crippen molar-refractivity contribution < 1.29 is 4.42 Å². The van der Waals surface area contributed by atoms with Gasteiger partial charge in [-0.25, -0.2) is 0 Å². The fraction of sp³-hybridized carbons (Fsp3) is 0.556. The van der Waals surface area contributed by atoms with Gasteiger partial charge in [-0.1, -0.05) is 0 Å². The maximum Gasteiger partial charge on any atom is 0.105 e. The molecule has 0 radical (unpaired) electrons. The van der Waals surface area contributed by atoms with E-state index in [9.17, 15) is 0 Å². The summed E-state index contributed by atoms with van der Waals surface area (Å²) >= 11 is 0. The summed E-state index contributed by atoms with van der Waals surface area (Å²) in [5.41, 5.74) is 1.28. The number of hydrogen-bond donors (Lipinski definition) is 0.